The fourth-order valence-corrected chi connectivity index (χ4v) is 2.56. The lowest BCUT2D eigenvalue weighted by molar-refractivity contribution is 0.242. The predicted octanol–water partition coefficient (Wildman–Crippen LogP) is 3.61. The molecule has 1 heterocycles. The van der Waals surface area contributed by atoms with Crippen molar-refractivity contribution in [1.29, 1.82) is 0 Å². The minimum absolute atomic E-state index is 0.326. The summed E-state index contributed by atoms with van der Waals surface area (Å²) in [5, 5.41) is 3.45. The van der Waals surface area contributed by atoms with Crippen LogP contribution < -0.4 is 15.0 Å². The van der Waals surface area contributed by atoms with Gasteiger partial charge in [-0.15, -0.1) is 0 Å². The molecule has 2 rings (SSSR count). The molecule has 0 saturated carbocycles. The summed E-state index contributed by atoms with van der Waals surface area (Å²) in [7, 11) is 0. The van der Waals surface area contributed by atoms with E-state index in [1.165, 1.54) is 17.7 Å². The van der Waals surface area contributed by atoms with E-state index in [2.05, 4.69) is 56.1 Å². The lowest BCUT2D eigenvalue weighted by Crippen LogP contribution is -2.27. The molecule has 0 radical (unpaired) electrons. The molecule has 0 spiro atoms. The van der Waals surface area contributed by atoms with Crippen LogP contribution in [0.2, 0.25) is 0 Å². The van der Waals surface area contributed by atoms with Crippen LogP contribution in [-0.4, -0.2) is 32.8 Å². The highest BCUT2D eigenvalue weighted by Gasteiger charge is 2.12. The van der Waals surface area contributed by atoms with E-state index in [0.717, 1.165) is 45.0 Å². The minimum Gasteiger partial charge on any atom is -0.493 e. The van der Waals surface area contributed by atoms with Gasteiger partial charge in [0.25, 0.3) is 0 Å². The van der Waals surface area contributed by atoms with Gasteiger partial charge in [0.1, 0.15) is 5.75 Å². The Kier molecular flexibility index (Phi) is 5.51. The molecule has 1 aromatic rings. The molecule has 3 nitrogen and oxygen atoms in total. The number of aryl methyl sites for hydroxylation is 1. The first-order valence-electron chi connectivity index (χ1n) is 8.15. The van der Waals surface area contributed by atoms with Gasteiger partial charge in [-0.1, -0.05) is 20.8 Å². The van der Waals surface area contributed by atoms with E-state index in [4.69, 9.17) is 4.74 Å². The largest absolute Gasteiger partial charge is 0.493 e. The van der Waals surface area contributed by atoms with E-state index in [0.29, 0.717) is 5.41 Å². The third kappa shape index (κ3) is 5.24. The average molecular weight is 290 g/mol. The molecule has 1 aliphatic heterocycles. The Balaban J connectivity index is 1.96. The molecule has 0 amide bonds. The van der Waals surface area contributed by atoms with Crippen LogP contribution in [0.5, 0.6) is 5.75 Å². The molecule has 0 aromatic heterocycles. The number of ether oxygens (including phenoxy) is 1. The summed E-state index contributed by atoms with van der Waals surface area (Å²) in [5.74, 6) is 1.02. The molecule has 0 atom stereocenters. The topological polar surface area (TPSA) is 24.5 Å². The summed E-state index contributed by atoms with van der Waals surface area (Å²) < 4.78 is 5.95. The molecule has 0 unspecified atom stereocenters. The Morgan fingerprint density at radius 2 is 2.00 bits per heavy atom. The van der Waals surface area contributed by atoms with Crippen molar-refractivity contribution in [3.63, 3.8) is 0 Å². The van der Waals surface area contributed by atoms with E-state index in [9.17, 15) is 0 Å². The third-order valence-electron chi connectivity index (χ3n) is 3.97. The summed E-state index contributed by atoms with van der Waals surface area (Å²) in [6.45, 7) is 14.1. The van der Waals surface area contributed by atoms with Gasteiger partial charge in [0.15, 0.2) is 0 Å². The fraction of sp³-hybridized carbons (Fsp3) is 0.667. The standard InChI is InChI=1S/C18H30N2O/c1-15-14-16(20-11-5-9-19-10-12-20)6-7-17(15)21-13-8-18(2,3)4/h6-7,14,19H,5,8-13H2,1-4H3. The van der Waals surface area contributed by atoms with Crippen molar-refractivity contribution >= 4 is 5.69 Å². The second-order valence-corrected chi connectivity index (χ2v) is 7.20. The SMILES string of the molecule is Cc1cc(N2CCCNCC2)ccc1OCCC(C)(C)C. The number of rotatable bonds is 4. The van der Waals surface area contributed by atoms with Crippen molar-refractivity contribution in [2.75, 3.05) is 37.7 Å². The van der Waals surface area contributed by atoms with Crippen molar-refractivity contribution in [1.82, 2.24) is 5.32 Å². The highest BCUT2D eigenvalue weighted by atomic mass is 16.5. The zero-order chi connectivity index (χ0) is 15.3. The van der Waals surface area contributed by atoms with Gasteiger partial charge in [-0.3, -0.25) is 0 Å². The van der Waals surface area contributed by atoms with Gasteiger partial charge in [0.2, 0.25) is 0 Å². The lowest BCUT2D eigenvalue weighted by Gasteiger charge is -2.24. The smallest absolute Gasteiger partial charge is 0.122 e. The first-order valence-corrected chi connectivity index (χ1v) is 8.15. The van der Waals surface area contributed by atoms with Gasteiger partial charge in [0, 0.05) is 25.3 Å². The summed E-state index contributed by atoms with van der Waals surface area (Å²) in [4.78, 5) is 2.46. The van der Waals surface area contributed by atoms with Crippen LogP contribution in [-0.2, 0) is 0 Å². The average Bonchev–Trinajstić information content (AvgIpc) is 2.68. The molecule has 21 heavy (non-hydrogen) atoms. The summed E-state index contributed by atoms with van der Waals surface area (Å²) >= 11 is 0. The van der Waals surface area contributed by atoms with Crippen LogP contribution in [0.25, 0.3) is 0 Å². The van der Waals surface area contributed by atoms with E-state index in [-0.39, 0.29) is 0 Å². The summed E-state index contributed by atoms with van der Waals surface area (Å²) in [6, 6.07) is 6.59. The van der Waals surface area contributed by atoms with Crippen molar-refractivity contribution in [3.8, 4) is 5.75 Å². The van der Waals surface area contributed by atoms with Crippen molar-refractivity contribution in [2.45, 2.75) is 40.5 Å². The quantitative estimate of drug-likeness (QED) is 0.917. The third-order valence-corrected chi connectivity index (χ3v) is 3.97. The maximum Gasteiger partial charge on any atom is 0.122 e. The van der Waals surface area contributed by atoms with Gasteiger partial charge >= 0.3 is 0 Å². The molecule has 1 N–H and O–H groups in total. The van der Waals surface area contributed by atoms with E-state index >= 15 is 0 Å². The van der Waals surface area contributed by atoms with E-state index in [1.54, 1.807) is 0 Å². The Labute approximate surface area is 129 Å². The maximum absolute atomic E-state index is 5.95. The number of hydrogen-bond donors (Lipinski definition) is 1. The van der Waals surface area contributed by atoms with Crippen LogP contribution in [0.1, 0.15) is 39.2 Å². The van der Waals surface area contributed by atoms with E-state index in [1.807, 2.05) is 0 Å². The number of benzene rings is 1. The van der Waals surface area contributed by atoms with Crippen molar-refractivity contribution in [2.24, 2.45) is 5.41 Å². The second kappa shape index (κ2) is 7.17. The van der Waals surface area contributed by atoms with Crippen molar-refractivity contribution in [3.05, 3.63) is 23.8 Å². The molecule has 0 aliphatic carbocycles. The number of hydrogen-bond acceptors (Lipinski definition) is 3. The van der Waals surface area contributed by atoms with Crippen molar-refractivity contribution < 1.29 is 4.74 Å². The maximum atomic E-state index is 5.95. The van der Waals surface area contributed by atoms with Crippen LogP contribution in [0.3, 0.4) is 0 Å². The Morgan fingerprint density at radius 3 is 2.71 bits per heavy atom. The molecular weight excluding hydrogens is 260 g/mol. The van der Waals surface area contributed by atoms with Crippen LogP contribution in [0.15, 0.2) is 18.2 Å². The zero-order valence-electron chi connectivity index (χ0n) is 14.0. The highest BCUT2D eigenvalue weighted by molar-refractivity contribution is 5.53. The minimum atomic E-state index is 0.326. The first-order chi connectivity index (χ1) is 9.96. The number of nitrogens with zero attached hydrogens (tertiary/aromatic N) is 1. The fourth-order valence-electron chi connectivity index (χ4n) is 2.56. The molecule has 118 valence electrons. The molecule has 1 aliphatic rings. The normalized spacial score (nSPS) is 16.7. The monoisotopic (exact) mass is 290 g/mol. The Bertz CT molecular complexity index is 443. The molecule has 1 fully saturated rings. The van der Waals surface area contributed by atoms with Gasteiger partial charge in [-0.2, -0.15) is 0 Å². The molecular formula is C18H30N2O. The number of anilines is 1. The van der Waals surface area contributed by atoms with Gasteiger partial charge in [-0.25, -0.2) is 0 Å². The van der Waals surface area contributed by atoms with Gasteiger partial charge < -0.3 is 15.0 Å². The first kappa shape index (κ1) is 16.2. The molecule has 0 bridgehead atoms. The zero-order valence-corrected chi connectivity index (χ0v) is 14.0. The highest BCUT2D eigenvalue weighted by Crippen LogP contribution is 2.26. The van der Waals surface area contributed by atoms with Gasteiger partial charge in [-0.05, 0) is 55.5 Å². The van der Waals surface area contributed by atoms with Gasteiger partial charge in [0.05, 0.1) is 6.61 Å². The number of nitrogens with one attached hydrogen (secondary N) is 1. The van der Waals surface area contributed by atoms with Crippen LogP contribution >= 0.6 is 0 Å². The van der Waals surface area contributed by atoms with E-state index < -0.39 is 0 Å². The van der Waals surface area contributed by atoms with Crippen LogP contribution in [0.4, 0.5) is 5.69 Å². The van der Waals surface area contributed by atoms with Crippen LogP contribution in [0, 0.1) is 12.3 Å². The molecule has 1 aromatic carbocycles. The Hall–Kier alpha value is -1.22. The summed E-state index contributed by atoms with van der Waals surface area (Å²) in [5.41, 5.74) is 2.88. The second-order valence-electron chi connectivity index (χ2n) is 7.20. The Morgan fingerprint density at radius 1 is 1.19 bits per heavy atom. The molecule has 1 saturated heterocycles. The molecule has 3 heteroatoms. The lowest BCUT2D eigenvalue weighted by atomic mass is 9.93. The summed E-state index contributed by atoms with van der Waals surface area (Å²) in [6.07, 6.45) is 2.29. The predicted molar refractivity (Wildman–Crippen MR) is 90.4 cm³/mol.